The number of ether oxygens (including phenoxy) is 3. The normalized spacial score (nSPS) is 10.6. The number of hydrogen-bond acceptors (Lipinski definition) is 5. The van der Waals surface area contributed by atoms with Gasteiger partial charge >= 0.3 is 5.97 Å². The highest BCUT2D eigenvalue weighted by molar-refractivity contribution is 5.96. The number of carbonyl (C=O) groups is 2. The molecule has 4 rings (SSSR count). The lowest BCUT2D eigenvalue weighted by Gasteiger charge is -2.22. The van der Waals surface area contributed by atoms with Crippen molar-refractivity contribution in [2.75, 3.05) is 13.7 Å². The van der Waals surface area contributed by atoms with Crippen LogP contribution in [0.2, 0.25) is 0 Å². The fourth-order valence-corrected chi connectivity index (χ4v) is 4.30. The molecule has 0 aromatic heterocycles. The molecule has 0 fully saturated rings. The van der Waals surface area contributed by atoms with Crippen LogP contribution < -0.4 is 9.47 Å². The molecular formula is C35H37NO5. The Kier molecular flexibility index (Phi) is 11.0. The minimum Gasteiger partial charge on any atom is -0.489 e. The standard InChI is InChI=1S/C35H37NO5/c1-3-4-8-27-11-13-30(14-12-27)26-41-33-21-17-31(18-22-33)35(38)36(24-34(37)39-2)23-28-15-19-32(20-16-28)40-25-29-9-6-5-7-10-29/h5-7,9-22H,3-4,8,23-26H2,1-2H3. The van der Waals surface area contributed by atoms with E-state index in [1.54, 1.807) is 24.3 Å². The average Bonchev–Trinajstić information content (AvgIpc) is 3.03. The summed E-state index contributed by atoms with van der Waals surface area (Å²) in [6.45, 7) is 3.20. The lowest BCUT2D eigenvalue weighted by Crippen LogP contribution is -2.35. The second kappa shape index (κ2) is 15.3. The van der Waals surface area contributed by atoms with E-state index in [0.29, 0.717) is 24.5 Å². The Bertz CT molecular complexity index is 1370. The smallest absolute Gasteiger partial charge is 0.325 e. The molecule has 0 aliphatic rings. The predicted molar refractivity (Wildman–Crippen MR) is 160 cm³/mol. The zero-order valence-electron chi connectivity index (χ0n) is 23.8. The molecule has 0 unspecified atom stereocenters. The highest BCUT2D eigenvalue weighted by Gasteiger charge is 2.20. The zero-order valence-corrected chi connectivity index (χ0v) is 23.8. The first-order valence-corrected chi connectivity index (χ1v) is 14.0. The molecule has 0 bridgehead atoms. The van der Waals surface area contributed by atoms with E-state index in [1.807, 2.05) is 54.6 Å². The number of methoxy groups -OCH3 is 1. The molecule has 0 aliphatic heterocycles. The summed E-state index contributed by atoms with van der Waals surface area (Å²) in [6, 6.07) is 32.9. The van der Waals surface area contributed by atoms with Crippen molar-refractivity contribution >= 4 is 11.9 Å². The van der Waals surface area contributed by atoms with Gasteiger partial charge in [-0.3, -0.25) is 9.59 Å². The fraction of sp³-hybridized carbons (Fsp3) is 0.257. The van der Waals surface area contributed by atoms with Gasteiger partial charge in [0.1, 0.15) is 31.3 Å². The van der Waals surface area contributed by atoms with Crippen LogP contribution in [0.1, 0.15) is 52.4 Å². The molecule has 1 amide bonds. The molecule has 0 heterocycles. The molecule has 212 valence electrons. The second-order valence-corrected chi connectivity index (χ2v) is 9.89. The number of rotatable bonds is 14. The Labute approximate surface area is 242 Å². The summed E-state index contributed by atoms with van der Waals surface area (Å²) >= 11 is 0. The van der Waals surface area contributed by atoms with Gasteiger partial charge in [-0.25, -0.2) is 0 Å². The van der Waals surface area contributed by atoms with E-state index in [0.717, 1.165) is 28.9 Å². The van der Waals surface area contributed by atoms with E-state index in [4.69, 9.17) is 14.2 Å². The quantitative estimate of drug-likeness (QED) is 0.158. The molecule has 0 atom stereocenters. The van der Waals surface area contributed by atoms with E-state index in [-0.39, 0.29) is 19.0 Å². The fourth-order valence-electron chi connectivity index (χ4n) is 4.30. The number of unbranched alkanes of at least 4 members (excludes halogenated alkanes) is 1. The van der Waals surface area contributed by atoms with Gasteiger partial charge in [-0.05, 0) is 71.5 Å². The van der Waals surface area contributed by atoms with Crippen molar-refractivity contribution in [2.24, 2.45) is 0 Å². The number of aryl methyl sites for hydroxylation is 1. The third kappa shape index (κ3) is 9.24. The van der Waals surface area contributed by atoms with Gasteiger partial charge in [0, 0.05) is 12.1 Å². The molecule has 0 saturated carbocycles. The van der Waals surface area contributed by atoms with Crippen molar-refractivity contribution in [3.05, 3.63) is 131 Å². The number of benzene rings is 4. The minimum atomic E-state index is -0.484. The van der Waals surface area contributed by atoms with Crippen molar-refractivity contribution in [3.8, 4) is 11.5 Å². The Morgan fingerprint density at radius 2 is 1.20 bits per heavy atom. The van der Waals surface area contributed by atoms with E-state index in [2.05, 4.69) is 31.2 Å². The summed E-state index contributed by atoms with van der Waals surface area (Å²) in [5.41, 5.74) is 4.84. The van der Waals surface area contributed by atoms with E-state index in [9.17, 15) is 9.59 Å². The van der Waals surface area contributed by atoms with Gasteiger partial charge < -0.3 is 19.1 Å². The van der Waals surface area contributed by atoms with Crippen molar-refractivity contribution in [1.29, 1.82) is 0 Å². The van der Waals surface area contributed by atoms with Crippen LogP contribution in [0.4, 0.5) is 0 Å². The van der Waals surface area contributed by atoms with Crippen LogP contribution >= 0.6 is 0 Å². The third-order valence-electron chi connectivity index (χ3n) is 6.73. The SMILES string of the molecule is CCCCc1ccc(COc2ccc(C(=O)N(CC(=O)OC)Cc3ccc(OCc4ccccc4)cc3)cc2)cc1. The van der Waals surface area contributed by atoms with E-state index in [1.165, 1.54) is 30.4 Å². The lowest BCUT2D eigenvalue weighted by molar-refractivity contribution is -0.141. The van der Waals surface area contributed by atoms with Gasteiger partial charge in [0.25, 0.3) is 5.91 Å². The first-order chi connectivity index (χ1) is 20.0. The molecule has 0 saturated heterocycles. The summed E-state index contributed by atoms with van der Waals surface area (Å²) < 4.78 is 16.6. The molecule has 0 aliphatic carbocycles. The Hall–Kier alpha value is -4.58. The Balaban J connectivity index is 1.35. The number of nitrogens with zero attached hydrogens (tertiary/aromatic N) is 1. The first-order valence-electron chi connectivity index (χ1n) is 14.0. The summed E-state index contributed by atoms with van der Waals surface area (Å²) in [5, 5.41) is 0. The van der Waals surface area contributed by atoms with Crippen LogP contribution in [0, 0.1) is 0 Å². The van der Waals surface area contributed by atoms with Crippen molar-refractivity contribution in [3.63, 3.8) is 0 Å². The molecule has 0 spiro atoms. The van der Waals surface area contributed by atoms with Crippen LogP contribution in [0.5, 0.6) is 11.5 Å². The topological polar surface area (TPSA) is 65.1 Å². The van der Waals surface area contributed by atoms with Crippen molar-refractivity contribution in [1.82, 2.24) is 4.90 Å². The number of esters is 1. The number of carbonyl (C=O) groups excluding carboxylic acids is 2. The third-order valence-corrected chi connectivity index (χ3v) is 6.73. The maximum Gasteiger partial charge on any atom is 0.325 e. The van der Waals surface area contributed by atoms with Gasteiger partial charge in [-0.2, -0.15) is 0 Å². The maximum absolute atomic E-state index is 13.4. The summed E-state index contributed by atoms with van der Waals surface area (Å²) in [6.07, 6.45) is 3.46. The van der Waals surface area contributed by atoms with Gasteiger partial charge in [0.15, 0.2) is 0 Å². The summed E-state index contributed by atoms with van der Waals surface area (Å²) in [7, 11) is 1.31. The zero-order chi connectivity index (χ0) is 28.9. The summed E-state index contributed by atoms with van der Waals surface area (Å²) in [5.74, 6) is 0.643. The first kappa shape index (κ1) is 29.4. The van der Waals surface area contributed by atoms with Gasteiger partial charge in [-0.1, -0.05) is 80.1 Å². The summed E-state index contributed by atoms with van der Waals surface area (Å²) in [4.78, 5) is 27.0. The van der Waals surface area contributed by atoms with E-state index >= 15 is 0 Å². The Morgan fingerprint density at radius 3 is 1.78 bits per heavy atom. The molecule has 41 heavy (non-hydrogen) atoms. The van der Waals surface area contributed by atoms with Crippen LogP contribution in [-0.2, 0) is 35.7 Å². The van der Waals surface area contributed by atoms with Crippen LogP contribution in [0.3, 0.4) is 0 Å². The van der Waals surface area contributed by atoms with Crippen molar-refractivity contribution in [2.45, 2.75) is 45.9 Å². The molecule has 0 radical (unpaired) electrons. The second-order valence-electron chi connectivity index (χ2n) is 9.89. The molecule has 6 heteroatoms. The van der Waals surface area contributed by atoms with Gasteiger partial charge in [0.2, 0.25) is 0 Å². The van der Waals surface area contributed by atoms with Crippen LogP contribution in [0.25, 0.3) is 0 Å². The minimum absolute atomic E-state index is 0.159. The molecule has 0 N–H and O–H groups in total. The van der Waals surface area contributed by atoms with Crippen LogP contribution in [-0.4, -0.2) is 30.4 Å². The molecule has 4 aromatic carbocycles. The lowest BCUT2D eigenvalue weighted by atomic mass is 10.1. The maximum atomic E-state index is 13.4. The highest BCUT2D eigenvalue weighted by Crippen LogP contribution is 2.19. The average molecular weight is 552 g/mol. The van der Waals surface area contributed by atoms with Crippen LogP contribution in [0.15, 0.2) is 103 Å². The highest BCUT2D eigenvalue weighted by atomic mass is 16.5. The van der Waals surface area contributed by atoms with E-state index < -0.39 is 5.97 Å². The molecule has 4 aromatic rings. The monoisotopic (exact) mass is 551 g/mol. The van der Waals surface area contributed by atoms with Gasteiger partial charge in [-0.15, -0.1) is 0 Å². The molecule has 6 nitrogen and oxygen atoms in total. The number of hydrogen-bond donors (Lipinski definition) is 0. The Morgan fingerprint density at radius 1 is 0.659 bits per heavy atom. The predicted octanol–water partition coefficient (Wildman–Crippen LogP) is 7.00. The largest absolute Gasteiger partial charge is 0.489 e. The van der Waals surface area contributed by atoms with Gasteiger partial charge in [0.05, 0.1) is 7.11 Å². The number of amides is 1. The van der Waals surface area contributed by atoms with Crippen molar-refractivity contribution < 1.29 is 23.8 Å². The molecular weight excluding hydrogens is 514 g/mol.